The molecular weight excluding hydrogens is 214 g/mol. The molecule has 1 rings (SSSR count). The summed E-state index contributed by atoms with van der Waals surface area (Å²) < 4.78 is 5.60. The van der Waals surface area contributed by atoms with Gasteiger partial charge in [0.1, 0.15) is 11.4 Å². The maximum Gasteiger partial charge on any atom is 0.240 e. The van der Waals surface area contributed by atoms with Crippen LogP contribution in [0.4, 0.5) is 5.69 Å². The Kier molecular flexibility index (Phi) is 6.76. The Hall–Kier alpha value is -1.60. The summed E-state index contributed by atoms with van der Waals surface area (Å²) in [5.41, 5.74) is 0.552. The molecule has 0 fully saturated rings. The molecule has 0 atom stereocenters. The second-order valence-electron chi connectivity index (χ2n) is 3.93. The zero-order valence-corrected chi connectivity index (χ0v) is 10.3. The molecule has 0 aliphatic carbocycles. The fourth-order valence-electron chi connectivity index (χ4n) is 1.61. The average Bonchev–Trinajstić information content (AvgIpc) is 2.36. The number of hydrogen-bond acceptors (Lipinski definition) is 3. The molecule has 0 aromatic heterocycles. The van der Waals surface area contributed by atoms with Crippen LogP contribution in [0.3, 0.4) is 0 Å². The lowest BCUT2D eigenvalue weighted by Crippen LogP contribution is -1.97. The Bertz CT molecular complexity index is 370. The lowest BCUT2D eigenvalue weighted by Gasteiger charge is -2.07. The van der Waals surface area contributed by atoms with Gasteiger partial charge in [-0.15, -0.1) is 0 Å². The highest BCUT2D eigenvalue weighted by atomic mass is 16.5. The third-order valence-electron chi connectivity index (χ3n) is 2.54. The van der Waals surface area contributed by atoms with Crippen molar-refractivity contribution in [3.8, 4) is 5.75 Å². The third-order valence-corrected chi connectivity index (χ3v) is 2.54. The Morgan fingerprint density at radius 3 is 2.71 bits per heavy atom. The first-order valence-electron chi connectivity index (χ1n) is 6.18. The number of ether oxygens (including phenoxy) is 1. The van der Waals surface area contributed by atoms with Crippen molar-refractivity contribution in [2.24, 2.45) is 4.99 Å². The molecule has 17 heavy (non-hydrogen) atoms. The molecule has 0 unspecified atom stereocenters. The predicted octanol–water partition coefficient (Wildman–Crippen LogP) is 4.00. The number of para-hydroxylation sites is 2. The fourth-order valence-corrected chi connectivity index (χ4v) is 1.61. The maximum atomic E-state index is 10.2. The summed E-state index contributed by atoms with van der Waals surface area (Å²) in [7, 11) is 0. The quantitative estimate of drug-likeness (QED) is 0.386. The first-order valence-corrected chi connectivity index (χ1v) is 6.18. The van der Waals surface area contributed by atoms with Gasteiger partial charge in [0.05, 0.1) is 6.61 Å². The van der Waals surface area contributed by atoms with Gasteiger partial charge < -0.3 is 4.74 Å². The number of unbranched alkanes of at least 4 members (excludes halogenated alkanes) is 4. The van der Waals surface area contributed by atoms with Gasteiger partial charge in [-0.25, -0.2) is 4.79 Å². The van der Waals surface area contributed by atoms with E-state index < -0.39 is 0 Å². The molecule has 0 saturated carbocycles. The van der Waals surface area contributed by atoms with E-state index in [1.165, 1.54) is 31.8 Å². The second kappa shape index (κ2) is 8.54. The summed E-state index contributed by atoms with van der Waals surface area (Å²) in [6, 6.07) is 7.26. The molecule has 0 aliphatic heterocycles. The molecule has 0 saturated heterocycles. The lowest BCUT2D eigenvalue weighted by molar-refractivity contribution is 0.305. The Morgan fingerprint density at radius 1 is 1.18 bits per heavy atom. The van der Waals surface area contributed by atoms with E-state index in [2.05, 4.69) is 11.9 Å². The van der Waals surface area contributed by atoms with Crippen LogP contribution in [0.5, 0.6) is 5.75 Å². The number of carbonyl (C=O) groups excluding carboxylic acids is 1. The van der Waals surface area contributed by atoms with Gasteiger partial charge in [0.2, 0.25) is 6.08 Å². The van der Waals surface area contributed by atoms with Gasteiger partial charge in [0.25, 0.3) is 0 Å². The van der Waals surface area contributed by atoms with E-state index in [1.807, 2.05) is 18.2 Å². The minimum absolute atomic E-state index is 0.552. The highest BCUT2D eigenvalue weighted by molar-refractivity contribution is 5.57. The van der Waals surface area contributed by atoms with Gasteiger partial charge in [-0.1, -0.05) is 44.7 Å². The van der Waals surface area contributed by atoms with E-state index in [0.717, 1.165) is 6.42 Å². The minimum Gasteiger partial charge on any atom is -0.491 e. The van der Waals surface area contributed by atoms with Crippen LogP contribution >= 0.6 is 0 Å². The SMILES string of the molecule is CCCCCCCOc1ccccc1N=C=O. The van der Waals surface area contributed by atoms with Gasteiger partial charge >= 0.3 is 0 Å². The van der Waals surface area contributed by atoms with Crippen LogP contribution in [-0.4, -0.2) is 12.7 Å². The van der Waals surface area contributed by atoms with E-state index in [1.54, 1.807) is 6.07 Å². The van der Waals surface area contributed by atoms with Crippen LogP contribution in [0.15, 0.2) is 29.3 Å². The Morgan fingerprint density at radius 2 is 1.94 bits per heavy atom. The molecule has 0 amide bonds. The molecule has 3 nitrogen and oxygen atoms in total. The zero-order chi connectivity index (χ0) is 12.3. The summed E-state index contributed by atoms with van der Waals surface area (Å²) in [5.74, 6) is 0.659. The number of rotatable bonds is 8. The monoisotopic (exact) mass is 233 g/mol. The van der Waals surface area contributed by atoms with E-state index in [4.69, 9.17) is 4.74 Å². The predicted molar refractivity (Wildman–Crippen MR) is 68.5 cm³/mol. The first kappa shape index (κ1) is 13.5. The maximum absolute atomic E-state index is 10.2. The molecule has 3 heteroatoms. The van der Waals surface area contributed by atoms with E-state index >= 15 is 0 Å². The fraction of sp³-hybridized carbons (Fsp3) is 0.500. The van der Waals surface area contributed by atoms with Gasteiger partial charge in [0, 0.05) is 0 Å². The van der Waals surface area contributed by atoms with E-state index in [-0.39, 0.29) is 0 Å². The average molecular weight is 233 g/mol. The first-order chi connectivity index (χ1) is 8.38. The third kappa shape index (κ3) is 5.32. The minimum atomic E-state index is 0.552. The number of aliphatic imine (C=N–C) groups is 1. The molecule has 0 N–H and O–H groups in total. The van der Waals surface area contributed by atoms with Crippen molar-refractivity contribution in [2.75, 3.05) is 6.61 Å². The van der Waals surface area contributed by atoms with Crippen LogP contribution in [0.25, 0.3) is 0 Å². The zero-order valence-electron chi connectivity index (χ0n) is 10.3. The van der Waals surface area contributed by atoms with Crippen molar-refractivity contribution in [1.29, 1.82) is 0 Å². The Labute approximate surface area is 103 Å². The number of hydrogen-bond donors (Lipinski definition) is 0. The van der Waals surface area contributed by atoms with E-state index in [0.29, 0.717) is 18.0 Å². The highest BCUT2D eigenvalue weighted by Gasteiger charge is 2.00. The molecule has 0 radical (unpaired) electrons. The standard InChI is InChI=1S/C14H19NO2/c1-2-3-4-5-8-11-17-14-10-7-6-9-13(14)15-12-16/h6-7,9-10H,2-5,8,11H2,1H3. The molecule has 0 spiro atoms. The summed E-state index contributed by atoms with van der Waals surface area (Å²) in [6.45, 7) is 2.87. The number of nitrogens with zero attached hydrogens (tertiary/aromatic N) is 1. The molecule has 1 aromatic rings. The van der Waals surface area contributed by atoms with Crippen molar-refractivity contribution in [2.45, 2.75) is 39.0 Å². The van der Waals surface area contributed by atoms with Crippen LogP contribution in [0, 0.1) is 0 Å². The second-order valence-corrected chi connectivity index (χ2v) is 3.93. The van der Waals surface area contributed by atoms with Crippen molar-refractivity contribution >= 4 is 11.8 Å². The summed E-state index contributed by atoms with van der Waals surface area (Å²) in [5, 5.41) is 0. The normalized spacial score (nSPS) is 9.71. The Balaban J connectivity index is 2.33. The van der Waals surface area contributed by atoms with Crippen molar-refractivity contribution < 1.29 is 9.53 Å². The summed E-state index contributed by atoms with van der Waals surface area (Å²) in [6.07, 6.45) is 7.56. The molecule has 0 heterocycles. The number of benzene rings is 1. The largest absolute Gasteiger partial charge is 0.491 e. The van der Waals surface area contributed by atoms with Crippen LogP contribution in [0.2, 0.25) is 0 Å². The summed E-state index contributed by atoms with van der Waals surface area (Å²) >= 11 is 0. The van der Waals surface area contributed by atoms with Gasteiger partial charge in [-0.2, -0.15) is 4.99 Å². The van der Waals surface area contributed by atoms with Crippen LogP contribution in [0.1, 0.15) is 39.0 Å². The van der Waals surface area contributed by atoms with Gasteiger partial charge in [0.15, 0.2) is 0 Å². The van der Waals surface area contributed by atoms with Crippen molar-refractivity contribution in [1.82, 2.24) is 0 Å². The molecule has 0 aliphatic rings. The van der Waals surface area contributed by atoms with Gasteiger partial charge in [-0.05, 0) is 18.6 Å². The van der Waals surface area contributed by atoms with E-state index in [9.17, 15) is 4.79 Å². The van der Waals surface area contributed by atoms with Crippen molar-refractivity contribution in [3.05, 3.63) is 24.3 Å². The molecule has 1 aromatic carbocycles. The molecule has 92 valence electrons. The number of isocyanates is 1. The lowest BCUT2D eigenvalue weighted by atomic mass is 10.2. The van der Waals surface area contributed by atoms with Crippen molar-refractivity contribution in [3.63, 3.8) is 0 Å². The topological polar surface area (TPSA) is 38.7 Å². The summed E-state index contributed by atoms with van der Waals surface area (Å²) in [4.78, 5) is 13.8. The molecular formula is C14H19NO2. The van der Waals surface area contributed by atoms with Crippen LogP contribution < -0.4 is 4.74 Å². The van der Waals surface area contributed by atoms with Gasteiger partial charge in [-0.3, -0.25) is 0 Å². The smallest absolute Gasteiger partial charge is 0.240 e. The molecule has 0 bridgehead atoms. The highest BCUT2D eigenvalue weighted by Crippen LogP contribution is 2.26. The van der Waals surface area contributed by atoms with Crippen LogP contribution in [-0.2, 0) is 4.79 Å².